The van der Waals surface area contributed by atoms with E-state index in [2.05, 4.69) is 41.2 Å². The number of hydrogen-bond acceptors (Lipinski definition) is 4. The second-order valence-electron chi connectivity index (χ2n) is 6.01. The molecule has 5 heteroatoms. The van der Waals surface area contributed by atoms with Crippen molar-refractivity contribution in [1.82, 2.24) is 19.9 Å². The highest BCUT2D eigenvalue weighted by atomic mass is 16.1. The lowest BCUT2D eigenvalue weighted by molar-refractivity contribution is 0.111. The number of benzene rings is 1. The molecule has 0 N–H and O–H groups in total. The quantitative estimate of drug-likeness (QED) is 0.796. The summed E-state index contributed by atoms with van der Waals surface area (Å²) in [5.41, 5.74) is 4.72. The zero-order valence-corrected chi connectivity index (χ0v) is 13.2. The fourth-order valence-electron chi connectivity index (χ4n) is 2.99. The van der Waals surface area contributed by atoms with Crippen molar-refractivity contribution in [2.24, 2.45) is 0 Å². The van der Waals surface area contributed by atoms with Crippen LogP contribution in [0.4, 0.5) is 0 Å². The smallest absolute Gasteiger partial charge is 0.172 e. The molecule has 5 nitrogen and oxygen atoms in total. The van der Waals surface area contributed by atoms with Gasteiger partial charge in [0.15, 0.2) is 12.0 Å². The fourth-order valence-corrected chi connectivity index (χ4v) is 2.99. The van der Waals surface area contributed by atoms with Crippen molar-refractivity contribution in [2.75, 3.05) is 19.6 Å². The van der Waals surface area contributed by atoms with Crippen LogP contribution in [0.25, 0.3) is 11.3 Å². The molecule has 0 saturated carbocycles. The van der Waals surface area contributed by atoms with E-state index in [-0.39, 0.29) is 0 Å². The van der Waals surface area contributed by atoms with Crippen LogP contribution < -0.4 is 0 Å². The maximum atomic E-state index is 11.3. The Labute approximate surface area is 130 Å². The lowest BCUT2D eigenvalue weighted by Gasteiger charge is -2.15. The minimum atomic E-state index is 0.421. The molecule has 0 bridgehead atoms. The van der Waals surface area contributed by atoms with Gasteiger partial charge in [0.25, 0.3) is 0 Å². The summed E-state index contributed by atoms with van der Waals surface area (Å²) in [5, 5.41) is 8.22. The van der Waals surface area contributed by atoms with E-state index < -0.39 is 0 Å². The van der Waals surface area contributed by atoms with Gasteiger partial charge in [-0.25, -0.2) is 4.68 Å². The summed E-state index contributed by atoms with van der Waals surface area (Å²) in [6, 6.07) is 6.23. The van der Waals surface area contributed by atoms with Crippen LogP contribution in [-0.2, 0) is 6.54 Å². The first-order valence-electron chi connectivity index (χ1n) is 7.87. The van der Waals surface area contributed by atoms with Crippen molar-refractivity contribution in [3.63, 3.8) is 0 Å². The molecule has 116 valence electrons. The normalized spacial score (nSPS) is 15.4. The van der Waals surface area contributed by atoms with Gasteiger partial charge in [-0.05, 0) is 57.0 Å². The topological polar surface area (TPSA) is 51.0 Å². The Hall–Kier alpha value is -2.01. The molecule has 1 aromatic heterocycles. The highest BCUT2D eigenvalue weighted by Gasteiger charge is 2.17. The van der Waals surface area contributed by atoms with Gasteiger partial charge in [0.2, 0.25) is 0 Å². The van der Waals surface area contributed by atoms with Crippen molar-refractivity contribution in [2.45, 2.75) is 33.2 Å². The van der Waals surface area contributed by atoms with Gasteiger partial charge < -0.3 is 4.90 Å². The first kappa shape index (κ1) is 14.9. The molecule has 1 aromatic carbocycles. The number of aldehydes is 1. The molecule has 1 aliphatic rings. The van der Waals surface area contributed by atoms with Crippen molar-refractivity contribution < 1.29 is 4.79 Å². The molecular formula is C17H22N4O. The van der Waals surface area contributed by atoms with Crippen molar-refractivity contribution in [1.29, 1.82) is 0 Å². The number of rotatable bonds is 5. The van der Waals surface area contributed by atoms with Gasteiger partial charge in [-0.15, -0.1) is 5.10 Å². The summed E-state index contributed by atoms with van der Waals surface area (Å²) < 4.78 is 1.87. The predicted molar refractivity (Wildman–Crippen MR) is 86.0 cm³/mol. The van der Waals surface area contributed by atoms with E-state index >= 15 is 0 Å². The number of nitrogens with zero attached hydrogens (tertiary/aromatic N) is 4. The maximum Gasteiger partial charge on any atom is 0.172 e. The average Bonchev–Trinajstić information content (AvgIpc) is 3.16. The minimum Gasteiger partial charge on any atom is -0.301 e. The Morgan fingerprint density at radius 3 is 2.59 bits per heavy atom. The first-order chi connectivity index (χ1) is 10.7. The molecule has 1 aliphatic heterocycles. The lowest BCUT2D eigenvalue weighted by atomic mass is 10.0. The van der Waals surface area contributed by atoms with Gasteiger partial charge in [0, 0.05) is 12.1 Å². The summed E-state index contributed by atoms with van der Waals surface area (Å²) in [6.07, 6.45) is 3.35. The summed E-state index contributed by atoms with van der Waals surface area (Å²) in [6.45, 7) is 8.21. The SMILES string of the molecule is Cc1ccc(-c2c(C=O)nnn2CCN2CCCC2)cc1C. The molecule has 2 heterocycles. The second kappa shape index (κ2) is 6.40. The first-order valence-corrected chi connectivity index (χ1v) is 7.87. The largest absolute Gasteiger partial charge is 0.301 e. The number of carbonyl (C=O) groups excluding carboxylic acids is 1. The number of hydrogen-bond donors (Lipinski definition) is 0. The second-order valence-corrected chi connectivity index (χ2v) is 6.01. The van der Waals surface area contributed by atoms with Crippen molar-refractivity contribution in [3.8, 4) is 11.3 Å². The molecule has 0 aliphatic carbocycles. The van der Waals surface area contributed by atoms with Crippen LogP contribution in [0.15, 0.2) is 18.2 Å². The lowest BCUT2D eigenvalue weighted by Crippen LogP contribution is -2.24. The van der Waals surface area contributed by atoms with E-state index in [0.29, 0.717) is 5.69 Å². The Balaban J connectivity index is 1.88. The maximum absolute atomic E-state index is 11.3. The Kier molecular flexibility index (Phi) is 4.34. The van der Waals surface area contributed by atoms with E-state index in [1.165, 1.54) is 24.0 Å². The van der Waals surface area contributed by atoms with Gasteiger partial charge in [0.05, 0.1) is 12.2 Å². The summed E-state index contributed by atoms with van der Waals surface area (Å²) >= 11 is 0. The van der Waals surface area contributed by atoms with Gasteiger partial charge in [-0.2, -0.15) is 0 Å². The van der Waals surface area contributed by atoms with Crippen LogP contribution in [-0.4, -0.2) is 45.8 Å². The van der Waals surface area contributed by atoms with Crippen LogP contribution in [0.2, 0.25) is 0 Å². The van der Waals surface area contributed by atoms with Crippen LogP contribution in [0, 0.1) is 13.8 Å². The molecule has 0 amide bonds. The molecule has 0 spiro atoms. The third kappa shape index (κ3) is 2.95. The predicted octanol–water partition coefficient (Wildman–Crippen LogP) is 2.47. The van der Waals surface area contributed by atoms with Crippen molar-refractivity contribution >= 4 is 6.29 Å². The van der Waals surface area contributed by atoms with E-state index in [4.69, 9.17) is 0 Å². The van der Waals surface area contributed by atoms with Gasteiger partial charge in [-0.1, -0.05) is 17.3 Å². The van der Waals surface area contributed by atoms with Gasteiger partial charge >= 0.3 is 0 Å². The fraction of sp³-hybridized carbons (Fsp3) is 0.471. The molecule has 22 heavy (non-hydrogen) atoms. The zero-order chi connectivity index (χ0) is 15.5. The van der Waals surface area contributed by atoms with Crippen LogP contribution in [0.1, 0.15) is 34.5 Å². The highest BCUT2D eigenvalue weighted by Crippen LogP contribution is 2.24. The Morgan fingerprint density at radius 1 is 1.14 bits per heavy atom. The Morgan fingerprint density at radius 2 is 1.91 bits per heavy atom. The molecule has 0 unspecified atom stereocenters. The van der Waals surface area contributed by atoms with Gasteiger partial charge in [-0.3, -0.25) is 4.79 Å². The van der Waals surface area contributed by atoms with E-state index in [1.54, 1.807) is 0 Å². The number of aryl methyl sites for hydroxylation is 2. The van der Waals surface area contributed by atoms with E-state index in [1.807, 2.05) is 10.7 Å². The monoisotopic (exact) mass is 298 g/mol. The number of aromatic nitrogens is 3. The number of carbonyl (C=O) groups is 1. The summed E-state index contributed by atoms with van der Waals surface area (Å²) in [5.74, 6) is 0. The average molecular weight is 298 g/mol. The third-order valence-corrected chi connectivity index (χ3v) is 4.48. The van der Waals surface area contributed by atoms with Gasteiger partial charge in [0.1, 0.15) is 0 Å². The molecule has 2 aromatic rings. The molecule has 3 rings (SSSR count). The summed E-state index contributed by atoms with van der Waals surface area (Å²) in [7, 11) is 0. The number of likely N-dealkylation sites (tertiary alicyclic amines) is 1. The molecule has 0 atom stereocenters. The molecule has 1 fully saturated rings. The molecular weight excluding hydrogens is 276 g/mol. The zero-order valence-electron chi connectivity index (χ0n) is 13.2. The summed E-state index contributed by atoms with van der Waals surface area (Å²) in [4.78, 5) is 13.7. The highest BCUT2D eigenvalue weighted by molar-refractivity contribution is 5.83. The molecule has 1 saturated heterocycles. The van der Waals surface area contributed by atoms with Crippen LogP contribution in [0.3, 0.4) is 0 Å². The van der Waals surface area contributed by atoms with E-state index in [0.717, 1.165) is 43.7 Å². The minimum absolute atomic E-state index is 0.421. The Bertz CT molecular complexity index is 671. The van der Waals surface area contributed by atoms with Crippen LogP contribution in [0.5, 0.6) is 0 Å². The standard InChI is InChI=1S/C17H22N4O/c1-13-5-6-15(11-14(13)2)17-16(12-22)18-19-21(17)10-9-20-7-3-4-8-20/h5-6,11-12H,3-4,7-10H2,1-2H3. The molecule has 0 radical (unpaired) electrons. The van der Waals surface area contributed by atoms with Crippen LogP contribution >= 0.6 is 0 Å². The third-order valence-electron chi connectivity index (χ3n) is 4.48. The van der Waals surface area contributed by atoms with E-state index in [9.17, 15) is 4.79 Å². The van der Waals surface area contributed by atoms with Crippen molar-refractivity contribution in [3.05, 3.63) is 35.0 Å².